The molecule has 0 aliphatic heterocycles. The van der Waals surface area contributed by atoms with Crippen LogP contribution >= 0.6 is 0 Å². The van der Waals surface area contributed by atoms with Crippen molar-refractivity contribution in [3.63, 3.8) is 0 Å². The van der Waals surface area contributed by atoms with Crippen LogP contribution in [0.4, 0.5) is 0 Å². The lowest BCUT2D eigenvalue weighted by atomic mass is 9.70. The van der Waals surface area contributed by atoms with Crippen LogP contribution in [-0.2, 0) is 18.3 Å². The number of ether oxygens (including phenoxy) is 1. The summed E-state index contributed by atoms with van der Waals surface area (Å²) in [5.74, 6) is 1.38. The normalized spacial score (nSPS) is 21.4. The molecule has 8 heteroatoms. The van der Waals surface area contributed by atoms with Gasteiger partial charge < -0.3 is 9.30 Å². The first kappa shape index (κ1) is 21.9. The number of nitrogens with zero attached hydrogens (tertiary/aromatic N) is 5. The molecule has 2 atom stereocenters. The lowest BCUT2D eigenvalue weighted by Gasteiger charge is -2.40. The fourth-order valence-electron chi connectivity index (χ4n) is 5.70. The molecule has 3 aromatic rings. The summed E-state index contributed by atoms with van der Waals surface area (Å²) in [4.78, 5) is 31.1. The summed E-state index contributed by atoms with van der Waals surface area (Å²) in [7, 11) is 1.69. The first-order chi connectivity index (χ1) is 14.6. The minimum atomic E-state index is -0.355. The first-order valence-corrected chi connectivity index (χ1v) is 11.3. The van der Waals surface area contributed by atoms with Crippen LogP contribution in [0.15, 0.2) is 9.59 Å². The van der Waals surface area contributed by atoms with E-state index in [0.717, 1.165) is 30.0 Å². The van der Waals surface area contributed by atoms with Crippen molar-refractivity contribution < 1.29 is 4.74 Å². The van der Waals surface area contributed by atoms with Gasteiger partial charge in [0.1, 0.15) is 0 Å². The summed E-state index contributed by atoms with van der Waals surface area (Å²) in [5, 5.41) is 0. The van der Waals surface area contributed by atoms with E-state index < -0.39 is 0 Å². The molecule has 1 aliphatic carbocycles. The third-order valence-corrected chi connectivity index (χ3v) is 6.95. The Morgan fingerprint density at radius 2 is 1.87 bits per heavy atom. The highest BCUT2D eigenvalue weighted by atomic mass is 16.5. The Morgan fingerprint density at radius 3 is 2.52 bits per heavy atom. The summed E-state index contributed by atoms with van der Waals surface area (Å²) in [6.07, 6.45) is 3.38. The number of aromatic nitrogens is 5. The molecule has 8 nitrogen and oxygen atoms in total. The molecule has 31 heavy (non-hydrogen) atoms. The fraction of sp³-hybridized carbons (Fsp3) is 0.696. The van der Waals surface area contributed by atoms with Crippen LogP contribution in [-0.4, -0.2) is 36.3 Å². The number of rotatable bonds is 5. The third kappa shape index (κ3) is 3.45. The molecule has 1 saturated carbocycles. The summed E-state index contributed by atoms with van der Waals surface area (Å²) in [5.41, 5.74) is 2.64. The predicted octanol–water partition coefficient (Wildman–Crippen LogP) is 3.19. The highest BCUT2D eigenvalue weighted by Gasteiger charge is 2.35. The molecule has 0 unspecified atom stereocenters. The van der Waals surface area contributed by atoms with Crippen molar-refractivity contribution in [3.05, 3.63) is 32.2 Å². The summed E-state index contributed by atoms with van der Waals surface area (Å²) in [6.45, 7) is 14.1. The van der Waals surface area contributed by atoms with Crippen LogP contribution < -0.4 is 11.2 Å². The number of fused-ring (bicyclic) bond motifs is 3. The van der Waals surface area contributed by atoms with Gasteiger partial charge in [-0.3, -0.25) is 18.3 Å². The van der Waals surface area contributed by atoms with Crippen LogP contribution in [0, 0.1) is 25.2 Å². The Kier molecular flexibility index (Phi) is 5.40. The second kappa shape index (κ2) is 7.65. The molecule has 3 heterocycles. The monoisotopic (exact) mass is 429 g/mol. The molecule has 0 radical (unpaired) electrons. The number of hydrogen-bond donors (Lipinski definition) is 0. The lowest BCUT2D eigenvalue weighted by Crippen LogP contribution is -2.40. The quantitative estimate of drug-likeness (QED) is 0.584. The van der Waals surface area contributed by atoms with Crippen molar-refractivity contribution in [2.75, 3.05) is 13.2 Å². The molecule has 0 bridgehead atoms. The van der Waals surface area contributed by atoms with E-state index in [2.05, 4.69) is 32.3 Å². The Hall–Kier alpha value is -2.35. The van der Waals surface area contributed by atoms with E-state index in [1.54, 1.807) is 7.05 Å². The van der Waals surface area contributed by atoms with E-state index in [9.17, 15) is 9.59 Å². The Labute approximate surface area is 182 Å². The zero-order chi connectivity index (χ0) is 22.7. The molecule has 170 valence electrons. The predicted molar refractivity (Wildman–Crippen MR) is 122 cm³/mol. The van der Waals surface area contributed by atoms with Crippen LogP contribution in [0.5, 0.6) is 0 Å². The van der Waals surface area contributed by atoms with Crippen molar-refractivity contribution in [1.82, 2.24) is 23.1 Å². The number of aryl methyl sites for hydroxylation is 2. The Bertz CT molecular complexity index is 1260. The minimum absolute atomic E-state index is 0.232. The van der Waals surface area contributed by atoms with Gasteiger partial charge in [0.2, 0.25) is 5.78 Å². The maximum absolute atomic E-state index is 13.4. The van der Waals surface area contributed by atoms with Gasteiger partial charge in [0.05, 0.1) is 13.2 Å². The molecule has 4 rings (SSSR count). The molecular formula is C23H35N5O3. The van der Waals surface area contributed by atoms with Gasteiger partial charge in [0.25, 0.3) is 5.56 Å². The van der Waals surface area contributed by atoms with Gasteiger partial charge in [0.15, 0.2) is 11.2 Å². The topological polar surface area (TPSA) is 75.5 Å². The van der Waals surface area contributed by atoms with E-state index in [0.29, 0.717) is 36.3 Å². The maximum Gasteiger partial charge on any atom is 0.332 e. The lowest BCUT2D eigenvalue weighted by molar-refractivity contribution is 0.137. The standard InChI is InChI=1S/C23H35N5O3/c1-8-31-10-9-26-20(29)18-19(25(7)22(26)30)24-21-27(15(3)16(4)28(18)21)17-11-14(2)12-23(5,6)13-17/h14,17H,8-13H2,1-7H3/t14-,17+/m1/s1. The van der Waals surface area contributed by atoms with Crippen molar-refractivity contribution in [1.29, 1.82) is 0 Å². The molecule has 0 aromatic carbocycles. The van der Waals surface area contributed by atoms with Gasteiger partial charge in [-0.1, -0.05) is 20.8 Å². The second-order valence-electron chi connectivity index (χ2n) is 10.0. The summed E-state index contributed by atoms with van der Waals surface area (Å²) >= 11 is 0. The van der Waals surface area contributed by atoms with Crippen molar-refractivity contribution in [2.24, 2.45) is 18.4 Å². The maximum atomic E-state index is 13.4. The Morgan fingerprint density at radius 1 is 1.16 bits per heavy atom. The van der Waals surface area contributed by atoms with Gasteiger partial charge in [-0.2, -0.15) is 4.98 Å². The zero-order valence-corrected chi connectivity index (χ0v) is 19.9. The molecule has 0 spiro atoms. The van der Waals surface area contributed by atoms with E-state index >= 15 is 0 Å². The van der Waals surface area contributed by atoms with E-state index in [1.165, 1.54) is 15.6 Å². The van der Waals surface area contributed by atoms with Crippen molar-refractivity contribution in [3.8, 4) is 0 Å². The molecule has 3 aromatic heterocycles. The molecule has 0 saturated heterocycles. The van der Waals surface area contributed by atoms with Crippen molar-refractivity contribution >= 4 is 16.9 Å². The number of hydrogen-bond acceptors (Lipinski definition) is 4. The third-order valence-electron chi connectivity index (χ3n) is 6.95. The van der Waals surface area contributed by atoms with Gasteiger partial charge in [-0.15, -0.1) is 0 Å². The SMILES string of the molecule is CCOCCn1c(=O)c2c(nc3n([C@H]4C[C@@H](C)CC(C)(C)C4)c(C)c(C)n23)n(C)c1=O. The van der Waals surface area contributed by atoms with Gasteiger partial charge >= 0.3 is 5.69 Å². The van der Waals surface area contributed by atoms with Crippen LogP contribution in [0.2, 0.25) is 0 Å². The van der Waals surface area contributed by atoms with E-state index in [-0.39, 0.29) is 23.2 Å². The van der Waals surface area contributed by atoms with Gasteiger partial charge in [-0.05, 0) is 51.4 Å². The highest BCUT2D eigenvalue weighted by molar-refractivity contribution is 5.76. The molecule has 0 N–H and O–H groups in total. The van der Waals surface area contributed by atoms with Crippen molar-refractivity contribution in [2.45, 2.75) is 73.4 Å². The first-order valence-electron chi connectivity index (χ1n) is 11.3. The highest BCUT2D eigenvalue weighted by Crippen LogP contribution is 2.45. The van der Waals surface area contributed by atoms with Crippen LogP contribution in [0.3, 0.4) is 0 Å². The zero-order valence-electron chi connectivity index (χ0n) is 19.9. The summed E-state index contributed by atoms with van der Waals surface area (Å²) < 4.78 is 12.4. The van der Waals surface area contributed by atoms with Crippen LogP contribution in [0.1, 0.15) is 64.4 Å². The molecule has 1 aliphatic rings. The van der Waals surface area contributed by atoms with E-state index in [1.807, 2.05) is 18.2 Å². The average molecular weight is 430 g/mol. The minimum Gasteiger partial charge on any atom is -0.380 e. The summed E-state index contributed by atoms with van der Waals surface area (Å²) in [6, 6.07) is 0.323. The van der Waals surface area contributed by atoms with Crippen LogP contribution in [0.25, 0.3) is 16.9 Å². The molecular weight excluding hydrogens is 394 g/mol. The smallest absolute Gasteiger partial charge is 0.332 e. The molecule has 0 amide bonds. The average Bonchev–Trinajstić information content (AvgIpc) is 3.17. The largest absolute Gasteiger partial charge is 0.380 e. The fourth-order valence-corrected chi connectivity index (χ4v) is 5.70. The molecule has 1 fully saturated rings. The van der Waals surface area contributed by atoms with Gasteiger partial charge in [0, 0.05) is 31.1 Å². The van der Waals surface area contributed by atoms with E-state index in [4.69, 9.17) is 9.72 Å². The van der Waals surface area contributed by atoms with Gasteiger partial charge in [-0.25, -0.2) is 4.79 Å². The second-order valence-corrected chi connectivity index (χ2v) is 10.0. The Balaban J connectivity index is 1.97. The number of imidazole rings is 2.